The number of amides is 1. The Hall–Kier alpha value is -2.10. The molecule has 0 fully saturated rings. The molecule has 0 aromatic heterocycles. The van der Waals surface area contributed by atoms with Gasteiger partial charge in [0.15, 0.2) is 0 Å². The van der Waals surface area contributed by atoms with Crippen LogP contribution < -0.4 is 4.90 Å². The van der Waals surface area contributed by atoms with E-state index in [4.69, 9.17) is 4.74 Å². The molecule has 0 saturated heterocycles. The molecule has 102 valence electrons. The van der Waals surface area contributed by atoms with Gasteiger partial charge < -0.3 is 9.64 Å². The molecule has 0 radical (unpaired) electrons. The third-order valence-electron chi connectivity index (χ3n) is 2.66. The Bertz CT molecular complexity index is 463. The number of hydrogen-bond acceptors (Lipinski definition) is 3. The summed E-state index contributed by atoms with van der Waals surface area (Å²) in [5.41, 5.74) is 1.72. The van der Waals surface area contributed by atoms with Crippen LogP contribution in [0, 0.1) is 0 Å². The topological polar surface area (TPSA) is 46.6 Å². The van der Waals surface area contributed by atoms with Crippen molar-refractivity contribution >= 4 is 23.6 Å². The van der Waals surface area contributed by atoms with Gasteiger partial charge in [0, 0.05) is 25.2 Å². The van der Waals surface area contributed by atoms with Gasteiger partial charge in [-0.15, -0.1) is 0 Å². The second kappa shape index (κ2) is 7.36. The summed E-state index contributed by atoms with van der Waals surface area (Å²) in [6, 6.07) is 7.39. The first-order valence-corrected chi connectivity index (χ1v) is 6.30. The van der Waals surface area contributed by atoms with Crippen LogP contribution in [-0.2, 0) is 14.3 Å². The Balaban J connectivity index is 2.71. The average molecular weight is 261 g/mol. The zero-order chi connectivity index (χ0) is 14.3. The molecule has 0 heterocycles. The highest BCUT2D eigenvalue weighted by Crippen LogP contribution is 2.15. The molecule has 1 aromatic rings. The van der Waals surface area contributed by atoms with Gasteiger partial charge in [-0.05, 0) is 30.7 Å². The fraction of sp³-hybridized carbons (Fsp3) is 0.333. The lowest BCUT2D eigenvalue weighted by atomic mass is 10.2. The summed E-state index contributed by atoms with van der Waals surface area (Å²) in [5, 5.41) is 0. The van der Waals surface area contributed by atoms with Crippen molar-refractivity contribution in [2.24, 2.45) is 0 Å². The summed E-state index contributed by atoms with van der Waals surface area (Å²) < 4.78 is 4.79. The van der Waals surface area contributed by atoms with Crippen LogP contribution in [-0.4, -0.2) is 25.5 Å². The predicted molar refractivity (Wildman–Crippen MR) is 75.8 cm³/mol. The maximum absolute atomic E-state index is 11.5. The maximum Gasteiger partial charge on any atom is 0.330 e. The van der Waals surface area contributed by atoms with Crippen molar-refractivity contribution in [1.82, 2.24) is 0 Å². The number of carbonyl (C=O) groups is 2. The minimum atomic E-state index is -0.357. The Labute approximate surface area is 113 Å². The first kappa shape index (κ1) is 15.0. The van der Waals surface area contributed by atoms with Gasteiger partial charge >= 0.3 is 5.97 Å². The van der Waals surface area contributed by atoms with Crippen LogP contribution in [0.25, 0.3) is 6.08 Å². The highest BCUT2D eigenvalue weighted by molar-refractivity contribution is 5.92. The molecule has 0 atom stereocenters. The highest BCUT2D eigenvalue weighted by atomic mass is 16.5. The van der Waals surface area contributed by atoms with Crippen molar-refractivity contribution in [2.75, 3.05) is 18.6 Å². The molecule has 0 aliphatic carbocycles. The number of benzene rings is 1. The molecular weight excluding hydrogens is 242 g/mol. The maximum atomic E-state index is 11.5. The summed E-state index contributed by atoms with van der Waals surface area (Å²) in [7, 11) is 1.75. The number of ether oxygens (including phenoxy) is 1. The lowest BCUT2D eigenvalue weighted by Crippen LogP contribution is -2.24. The molecule has 0 aliphatic rings. The van der Waals surface area contributed by atoms with Gasteiger partial charge in [0.25, 0.3) is 0 Å². The Morgan fingerprint density at radius 3 is 2.37 bits per heavy atom. The van der Waals surface area contributed by atoms with E-state index in [0.717, 1.165) is 11.3 Å². The van der Waals surface area contributed by atoms with E-state index in [1.807, 2.05) is 31.2 Å². The minimum Gasteiger partial charge on any atom is -0.463 e. The van der Waals surface area contributed by atoms with Gasteiger partial charge in [-0.1, -0.05) is 19.1 Å². The fourth-order valence-electron chi connectivity index (χ4n) is 1.54. The highest BCUT2D eigenvalue weighted by Gasteiger charge is 2.07. The van der Waals surface area contributed by atoms with E-state index < -0.39 is 0 Å². The van der Waals surface area contributed by atoms with Gasteiger partial charge in [0.05, 0.1) is 6.61 Å². The van der Waals surface area contributed by atoms with E-state index in [1.165, 1.54) is 6.08 Å². The second-order valence-electron chi connectivity index (χ2n) is 3.98. The van der Waals surface area contributed by atoms with Crippen molar-refractivity contribution in [3.05, 3.63) is 35.9 Å². The number of esters is 1. The summed E-state index contributed by atoms with van der Waals surface area (Å²) in [4.78, 5) is 24.3. The summed E-state index contributed by atoms with van der Waals surface area (Å²) in [5.74, 6) is -0.292. The van der Waals surface area contributed by atoms with E-state index in [2.05, 4.69) is 0 Å². The standard InChI is InChI=1S/C15H19NO3/c1-4-14(17)16(3)13-9-6-12(7-10-13)8-11-15(18)19-5-2/h6-11H,4-5H2,1-3H3. The lowest BCUT2D eigenvalue weighted by molar-refractivity contribution is -0.137. The SMILES string of the molecule is CCOC(=O)C=Cc1ccc(N(C)C(=O)CC)cc1. The Morgan fingerprint density at radius 1 is 1.21 bits per heavy atom. The van der Waals surface area contributed by atoms with Crippen LogP contribution in [0.1, 0.15) is 25.8 Å². The van der Waals surface area contributed by atoms with Crippen molar-refractivity contribution in [3.8, 4) is 0 Å². The Morgan fingerprint density at radius 2 is 1.84 bits per heavy atom. The number of nitrogens with zero attached hydrogens (tertiary/aromatic N) is 1. The van der Waals surface area contributed by atoms with E-state index in [1.54, 1.807) is 24.9 Å². The van der Waals surface area contributed by atoms with Crippen LogP contribution in [0.2, 0.25) is 0 Å². The molecule has 19 heavy (non-hydrogen) atoms. The van der Waals surface area contributed by atoms with Crippen molar-refractivity contribution < 1.29 is 14.3 Å². The number of anilines is 1. The van der Waals surface area contributed by atoms with Gasteiger partial charge in [0.2, 0.25) is 5.91 Å². The normalized spacial score (nSPS) is 10.5. The lowest BCUT2D eigenvalue weighted by Gasteiger charge is -2.16. The molecule has 0 saturated carbocycles. The smallest absolute Gasteiger partial charge is 0.330 e. The zero-order valence-corrected chi connectivity index (χ0v) is 11.6. The van der Waals surface area contributed by atoms with Crippen LogP contribution in [0.3, 0.4) is 0 Å². The molecule has 1 aromatic carbocycles. The average Bonchev–Trinajstić information content (AvgIpc) is 2.44. The summed E-state index contributed by atoms with van der Waals surface area (Å²) in [6.45, 7) is 3.96. The second-order valence-corrected chi connectivity index (χ2v) is 3.98. The molecule has 0 spiro atoms. The first-order chi connectivity index (χ1) is 9.08. The Kier molecular flexibility index (Phi) is 5.79. The van der Waals surface area contributed by atoms with Crippen molar-refractivity contribution in [3.63, 3.8) is 0 Å². The minimum absolute atomic E-state index is 0.0646. The van der Waals surface area contributed by atoms with E-state index in [-0.39, 0.29) is 11.9 Å². The molecule has 0 unspecified atom stereocenters. The molecule has 1 rings (SSSR count). The predicted octanol–water partition coefficient (Wildman–Crippen LogP) is 2.64. The molecule has 0 bridgehead atoms. The molecule has 4 nitrogen and oxygen atoms in total. The third-order valence-corrected chi connectivity index (χ3v) is 2.66. The largest absolute Gasteiger partial charge is 0.463 e. The monoisotopic (exact) mass is 261 g/mol. The zero-order valence-electron chi connectivity index (χ0n) is 11.6. The molecule has 0 aliphatic heterocycles. The number of hydrogen-bond donors (Lipinski definition) is 0. The van der Waals surface area contributed by atoms with Gasteiger partial charge in [0.1, 0.15) is 0 Å². The quantitative estimate of drug-likeness (QED) is 0.604. The molecular formula is C15H19NO3. The van der Waals surface area contributed by atoms with Gasteiger partial charge in [-0.25, -0.2) is 4.79 Å². The van der Waals surface area contributed by atoms with Gasteiger partial charge in [-0.2, -0.15) is 0 Å². The third kappa shape index (κ3) is 4.58. The van der Waals surface area contributed by atoms with Crippen LogP contribution in [0.5, 0.6) is 0 Å². The molecule has 0 N–H and O–H groups in total. The first-order valence-electron chi connectivity index (χ1n) is 6.30. The van der Waals surface area contributed by atoms with Crippen molar-refractivity contribution in [1.29, 1.82) is 0 Å². The molecule has 4 heteroatoms. The fourth-order valence-corrected chi connectivity index (χ4v) is 1.54. The van der Waals surface area contributed by atoms with Crippen molar-refractivity contribution in [2.45, 2.75) is 20.3 Å². The van der Waals surface area contributed by atoms with E-state index >= 15 is 0 Å². The van der Waals surface area contributed by atoms with Crippen LogP contribution >= 0.6 is 0 Å². The van der Waals surface area contributed by atoms with Gasteiger partial charge in [-0.3, -0.25) is 4.79 Å². The van der Waals surface area contributed by atoms with E-state index in [0.29, 0.717) is 13.0 Å². The summed E-state index contributed by atoms with van der Waals surface area (Å²) >= 11 is 0. The summed E-state index contributed by atoms with van der Waals surface area (Å²) in [6.07, 6.45) is 3.55. The van der Waals surface area contributed by atoms with Crippen LogP contribution in [0.15, 0.2) is 30.3 Å². The number of rotatable bonds is 5. The van der Waals surface area contributed by atoms with E-state index in [9.17, 15) is 9.59 Å². The number of carbonyl (C=O) groups excluding carboxylic acids is 2. The van der Waals surface area contributed by atoms with Crippen LogP contribution in [0.4, 0.5) is 5.69 Å². The molecule has 1 amide bonds.